The molecule has 0 unspecified atom stereocenters. The number of rotatable bonds is 5. The Bertz CT molecular complexity index is 207. The van der Waals surface area contributed by atoms with E-state index in [1.165, 1.54) is 12.8 Å². The van der Waals surface area contributed by atoms with Gasteiger partial charge in [-0.3, -0.25) is 4.90 Å². The van der Waals surface area contributed by atoms with Gasteiger partial charge in [0.2, 0.25) is 0 Å². The third-order valence-corrected chi connectivity index (χ3v) is 4.05. The smallest absolute Gasteiger partial charge is 0.0558 e. The van der Waals surface area contributed by atoms with Gasteiger partial charge in [0.1, 0.15) is 0 Å². The highest BCUT2D eigenvalue weighted by Crippen LogP contribution is 2.19. The zero-order valence-corrected chi connectivity index (χ0v) is 12.0. The van der Waals surface area contributed by atoms with Crippen LogP contribution in [0.3, 0.4) is 0 Å². The fraction of sp³-hybridized carbons (Fsp3) is 1.00. The van der Waals surface area contributed by atoms with E-state index in [-0.39, 0.29) is 19.0 Å². The maximum atomic E-state index is 9.21. The predicted octanol–water partition coefficient (Wildman–Crippen LogP) is 0.881. The summed E-state index contributed by atoms with van der Waals surface area (Å²) in [6.45, 7) is 6.36. The molecule has 0 amide bonds. The third-order valence-electron chi connectivity index (χ3n) is 4.05. The van der Waals surface area contributed by atoms with Crippen LogP contribution in [-0.4, -0.2) is 62.0 Å². The van der Waals surface area contributed by atoms with Crippen molar-refractivity contribution in [3.8, 4) is 0 Å². The van der Waals surface area contributed by atoms with Gasteiger partial charge < -0.3 is 15.2 Å². The zero-order valence-electron chi connectivity index (χ0n) is 11.1. The third kappa shape index (κ3) is 5.02. The Labute approximate surface area is 116 Å². The van der Waals surface area contributed by atoms with Gasteiger partial charge in [0, 0.05) is 32.3 Å². The molecule has 2 rings (SSSR count). The van der Waals surface area contributed by atoms with E-state index in [4.69, 9.17) is 4.74 Å². The second-order valence-corrected chi connectivity index (χ2v) is 5.26. The van der Waals surface area contributed by atoms with Gasteiger partial charge >= 0.3 is 0 Å². The van der Waals surface area contributed by atoms with Crippen molar-refractivity contribution in [2.24, 2.45) is 5.92 Å². The predicted molar refractivity (Wildman–Crippen MR) is 75.3 cm³/mol. The SMILES string of the molecule is Cl.OCCN(CC1CCNCC1)C1CCOCC1. The summed E-state index contributed by atoms with van der Waals surface area (Å²) in [7, 11) is 0. The highest BCUT2D eigenvalue weighted by atomic mass is 35.5. The highest BCUT2D eigenvalue weighted by Gasteiger charge is 2.24. The molecule has 0 aromatic rings. The summed E-state index contributed by atoms with van der Waals surface area (Å²) in [6.07, 6.45) is 4.83. The van der Waals surface area contributed by atoms with Gasteiger partial charge in [-0.15, -0.1) is 12.4 Å². The van der Waals surface area contributed by atoms with E-state index in [1.54, 1.807) is 0 Å². The molecule has 0 atom stereocenters. The molecule has 0 aromatic carbocycles. The van der Waals surface area contributed by atoms with E-state index in [0.717, 1.165) is 58.2 Å². The fourth-order valence-corrected chi connectivity index (χ4v) is 3.00. The van der Waals surface area contributed by atoms with Crippen LogP contribution >= 0.6 is 12.4 Å². The van der Waals surface area contributed by atoms with Gasteiger partial charge in [-0.1, -0.05) is 0 Å². The second kappa shape index (κ2) is 9.10. The van der Waals surface area contributed by atoms with Gasteiger partial charge in [0.25, 0.3) is 0 Å². The van der Waals surface area contributed by atoms with Crippen molar-refractivity contribution in [2.45, 2.75) is 31.7 Å². The molecule has 18 heavy (non-hydrogen) atoms. The van der Waals surface area contributed by atoms with Gasteiger partial charge in [-0.25, -0.2) is 0 Å². The maximum absolute atomic E-state index is 9.21. The van der Waals surface area contributed by atoms with Crippen molar-refractivity contribution in [1.82, 2.24) is 10.2 Å². The zero-order chi connectivity index (χ0) is 11.9. The molecule has 2 saturated heterocycles. The molecule has 2 N–H and O–H groups in total. The molecule has 4 nitrogen and oxygen atoms in total. The number of aliphatic hydroxyl groups is 1. The lowest BCUT2D eigenvalue weighted by Gasteiger charge is -2.37. The fourth-order valence-electron chi connectivity index (χ4n) is 3.00. The molecule has 0 spiro atoms. The van der Waals surface area contributed by atoms with Gasteiger partial charge in [0.15, 0.2) is 0 Å². The van der Waals surface area contributed by atoms with Crippen molar-refractivity contribution in [3.63, 3.8) is 0 Å². The van der Waals surface area contributed by atoms with Crippen LogP contribution in [-0.2, 0) is 4.74 Å². The topological polar surface area (TPSA) is 44.7 Å². The first-order valence-corrected chi connectivity index (χ1v) is 7.03. The largest absolute Gasteiger partial charge is 0.395 e. The Hall–Kier alpha value is 0.130. The number of halogens is 1. The van der Waals surface area contributed by atoms with E-state index in [9.17, 15) is 5.11 Å². The molecule has 0 bridgehead atoms. The van der Waals surface area contributed by atoms with Crippen LogP contribution in [0.1, 0.15) is 25.7 Å². The van der Waals surface area contributed by atoms with Gasteiger partial charge in [-0.05, 0) is 44.7 Å². The molecule has 108 valence electrons. The molecule has 2 fully saturated rings. The number of hydrogen-bond donors (Lipinski definition) is 2. The molecular formula is C13H27ClN2O2. The number of aliphatic hydroxyl groups excluding tert-OH is 1. The van der Waals surface area contributed by atoms with Crippen LogP contribution in [0.2, 0.25) is 0 Å². The Balaban J connectivity index is 0.00000162. The number of nitrogens with one attached hydrogen (secondary N) is 1. The Morgan fingerprint density at radius 1 is 1.11 bits per heavy atom. The van der Waals surface area contributed by atoms with Gasteiger partial charge in [-0.2, -0.15) is 0 Å². The second-order valence-electron chi connectivity index (χ2n) is 5.26. The minimum atomic E-state index is 0. The molecule has 0 aliphatic carbocycles. The summed E-state index contributed by atoms with van der Waals surface area (Å²) < 4.78 is 5.42. The van der Waals surface area contributed by atoms with Crippen molar-refractivity contribution < 1.29 is 9.84 Å². The summed E-state index contributed by atoms with van der Waals surface area (Å²) in [6, 6.07) is 0.630. The summed E-state index contributed by atoms with van der Waals surface area (Å²) in [5, 5.41) is 12.6. The summed E-state index contributed by atoms with van der Waals surface area (Å²) in [4.78, 5) is 2.50. The van der Waals surface area contributed by atoms with Crippen LogP contribution in [0.25, 0.3) is 0 Å². The maximum Gasteiger partial charge on any atom is 0.0558 e. The van der Waals surface area contributed by atoms with Crippen LogP contribution in [0.5, 0.6) is 0 Å². The van der Waals surface area contributed by atoms with Gasteiger partial charge in [0.05, 0.1) is 6.61 Å². The quantitative estimate of drug-likeness (QED) is 0.784. The van der Waals surface area contributed by atoms with E-state index < -0.39 is 0 Å². The first-order valence-electron chi connectivity index (χ1n) is 7.03. The first-order chi connectivity index (χ1) is 8.40. The lowest BCUT2D eigenvalue weighted by Crippen LogP contribution is -2.45. The number of ether oxygens (including phenoxy) is 1. The normalized spacial score (nSPS) is 23.0. The lowest BCUT2D eigenvalue weighted by atomic mass is 9.96. The number of nitrogens with zero attached hydrogens (tertiary/aromatic N) is 1. The average Bonchev–Trinajstić information content (AvgIpc) is 2.40. The first kappa shape index (κ1) is 16.2. The van der Waals surface area contributed by atoms with Crippen LogP contribution < -0.4 is 5.32 Å². The van der Waals surface area contributed by atoms with Crippen LogP contribution in [0.4, 0.5) is 0 Å². The molecule has 0 aromatic heterocycles. The van der Waals surface area contributed by atoms with E-state index in [0.29, 0.717) is 6.04 Å². The molecule has 2 aliphatic heterocycles. The molecule has 5 heteroatoms. The molecule has 2 aliphatic rings. The minimum Gasteiger partial charge on any atom is -0.395 e. The number of piperidine rings is 1. The van der Waals surface area contributed by atoms with E-state index in [1.807, 2.05) is 0 Å². The van der Waals surface area contributed by atoms with Crippen molar-refractivity contribution in [2.75, 3.05) is 46.0 Å². The highest BCUT2D eigenvalue weighted by molar-refractivity contribution is 5.85. The van der Waals surface area contributed by atoms with Crippen molar-refractivity contribution in [3.05, 3.63) is 0 Å². The standard InChI is InChI=1S/C13H26N2O2.ClH/c16-8-7-15(13-3-9-17-10-4-13)11-12-1-5-14-6-2-12;/h12-14,16H,1-11H2;1H. The Morgan fingerprint density at radius 2 is 1.78 bits per heavy atom. The van der Waals surface area contributed by atoms with E-state index in [2.05, 4.69) is 10.2 Å². The van der Waals surface area contributed by atoms with Crippen molar-refractivity contribution >= 4 is 12.4 Å². The molecule has 0 saturated carbocycles. The molecule has 2 heterocycles. The summed E-state index contributed by atoms with van der Waals surface area (Å²) in [5.41, 5.74) is 0. The molecular weight excluding hydrogens is 252 g/mol. The van der Waals surface area contributed by atoms with Crippen LogP contribution in [0.15, 0.2) is 0 Å². The van der Waals surface area contributed by atoms with Crippen LogP contribution in [0, 0.1) is 5.92 Å². The summed E-state index contributed by atoms with van der Waals surface area (Å²) >= 11 is 0. The monoisotopic (exact) mass is 278 g/mol. The molecule has 0 radical (unpaired) electrons. The average molecular weight is 279 g/mol. The minimum absolute atomic E-state index is 0. The van der Waals surface area contributed by atoms with Crippen molar-refractivity contribution in [1.29, 1.82) is 0 Å². The Morgan fingerprint density at radius 3 is 2.39 bits per heavy atom. The lowest BCUT2D eigenvalue weighted by molar-refractivity contribution is 0.0201. The summed E-state index contributed by atoms with van der Waals surface area (Å²) in [5.74, 6) is 0.811. The Kier molecular flexibility index (Phi) is 8.18. The number of hydrogen-bond acceptors (Lipinski definition) is 4. The van der Waals surface area contributed by atoms with E-state index >= 15 is 0 Å².